The van der Waals surface area contributed by atoms with Crippen LogP contribution in [0, 0.1) is 0 Å². The Labute approximate surface area is 125 Å². The minimum Gasteiger partial charge on any atom is -0.370 e. The number of para-hydroxylation sites is 1. The number of H-pyrrole nitrogens is 1. The summed E-state index contributed by atoms with van der Waals surface area (Å²) in [4.78, 5) is 2.46. The van der Waals surface area contributed by atoms with Crippen molar-refractivity contribution < 1.29 is 0 Å². The van der Waals surface area contributed by atoms with Crippen LogP contribution in [0.15, 0.2) is 36.4 Å². The first kappa shape index (κ1) is 12.9. The number of hydrogen-bond donors (Lipinski definition) is 2. The summed E-state index contributed by atoms with van der Waals surface area (Å²) < 4.78 is 0. The maximum Gasteiger partial charge on any atom is 0.0656 e. The zero-order valence-corrected chi connectivity index (χ0v) is 12.3. The number of aromatic nitrogens is 2. The molecule has 2 fully saturated rings. The van der Waals surface area contributed by atoms with E-state index >= 15 is 0 Å². The molecule has 1 aromatic carbocycles. The van der Waals surface area contributed by atoms with Gasteiger partial charge in [-0.15, -0.1) is 0 Å². The Bertz CT molecular complexity index is 588. The molecule has 4 heteroatoms. The lowest BCUT2D eigenvalue weighted by Gasteiger charge is -2.18. The van der Waals surface area contributed by atoms with E-state index in [4.69, 9.17) is 0 Å². The molecular formula is C17H22N4. The highest BCUT2D eigenvalue weighted by Gasteiger charge is 2.26. The Balaban J connectivity index is 1.30. The predicted octanol–water partition coefficient (Wildman–Crippen LogP) is 2.66. The van der Waals surface area contributed by atoms with Crippen molar-refractivity contribution in [3.8, 4) is 0 Å². The highest BCUT2D eigenvalue weighted by atomic mass is 15.2. The summed E-state index contributed by atoms with van der Waals surface area (Å²) >= 11 is 0. The first-order chi connectivity index (χ1) is 10.4. The van der Waals surface area contributed by atoms with Gasteiger partial charge in [0.25, 0.3) is 0 Å². The lowest BCUT2D eigenvalue weighted by atomic mass is 10.2. The van der Waals surface area contributed by atoms with Crippen molar-refractivity contribution in [1.29, 1.82) is 0 Å². The first-order valence-electron chi connectivity index (χ1n) is 7.96. The number of rotatable bonds is 5. The summed E-state index contributed by atoms with van der Waals surface area (Å²) in [6.45, 7) is 3.12. The molecule has 2 aliphatic rings. The Kier molecular flexibility index (Phi) is 3.39. The SMILES string of the molecule is c1ccc(N2CC[C@@H](NCc3cc(C4CC4)n[nH]3)C2)cc1. The molecule has 1 aromatic heterocycles. The molecule has 0 amide bonds. The smallest absolute Gasteiger partial charge is 0.0656 e. The van der Waals surface area contributed by atoms with Crippen LogP contribution < -0.4 is 10.2 Å². The van der Waals surface area contributed by atoms with E-state index in [1.807, 2.05) is 0 Å². The van der Waals surface area contributed by atoms with Gasteiger partial charge in [0.15, 0.2) is 0 Å². The van der Waals surface area contributed by atoms with Crippen molar-refractivity contribution in [2.45, 2.75) is 37.8 Å². The van der Waals surface area contributed by atoms with Gasteiger partial charge in [-0.05, 0) is 37.5 Å². The minimum atomic E-state index is 0.567. The van der Waals surface area contributed by atoms with Crippen LogP contribution in [0.5, 0.6) is 0 Å². The van der Waals surface area contributed by atoms with Crippen LogP contribution in [0.2, 0.25) is 0 Å². The molecule has 4 rings (SSSR count). The summed E-state index contributed by atoms with van der Waals surface area (Å²) in [7, 11) is 0. The quantitative estimate of drug-likeness (QED) is 0.886. The molecule has 1 atom stereocenters. The molecule has 0 spiro atoms. The zero-order valence-electron chi connectivity index (χ0n) is 12.3. The highest BCUT2D eigenvalue weighted by molar-refractivity contribution is 5.47. The normalized spacial score (nSPS) is 21.9. The molecule has 1 saturated carbocycles. The van der Waals surface area contributed by atoms with Gasteiger partial charge in [-0.1, -0.05) is 18.2 Å². The lowest BCUT2D eigenvalue weighted by molar-refractivity contribution is 0.545. The summed E-state index contributed by atoms with van der Waals surface area (Å²) in [5, 5.41) is 11.2. The molecule has 0 unspecified atom stereocenters. The molecule has 21 heavy (non-hydrogen) atoms. The fourth-order valence-corrected chi connectivity index (χ4v) is 3.11. The minimum absolute atomic E-state index is 0.567. The Morgan fingerprint density at radius 3 is 2.86 bits per heavy atom. The summed E-state index contributed by atoms with van der Waals surface area (Å²) in [6.07, 6.45) is 3.83. The Hall–Kier alpha value is -1.81. The van der Waals surface area contributed by atoms with E-state index < -0.39 is 0 Å². The van der Waals surface area contributed by atoms with Crippen molar-refractivity contribution in [3.05, 3.63) is 47.8 Å². The number of benzene rings is 1. The topological polar surface area (TPSA) is 44.0 Å². The van der Waals surface area contributed by atoms with Crippen LogP contribution in [0.25, 0.3) is 0 Å². The van der Waals surface area contributed by atoms with E-state index in [0.29, 0.717) is 6.04 Å². The molecular weight excluding hydrogens is 260 g/mol. The molecule has 1 aliphatic carbocycles. The van der Waals surface area contributed by atoms with Gasteiger partial charge >= 0.3 is 0 Å². The second-order valence-corrected chi connectivity index (χ2v) is 6.24. The fourth-order valence-electron chi connectivity index (χ4n) is 3.11. The zero-order chi connectivity index (χ0) is 14.1. The van der Waals surface area contributed by atoms with Crippen LogP contribution in [0.3, 0.4) is 0 Å². The van der Waals surface area contributed by atoms with Gasteiger partial charge in [0.1, 0.15) is 0 Å². The third-order valence-electron chi connectivity index (χ3n) is 4.54. The molecule has 2 aromatic rings. The van der Waals surface area contributed by atoms with Crippen molar-refractivity contribution in [1.82, 2.24) is 15.5 Å². The van der Waals surface area contributed by atoms with E-state index in [9.17, 15) is 0 Å². The number of hydrogen-bond acceptors (Lipinski definition) is 3. The number of nitrogens with one attached hydrogen (secondary N) is 2. The lowest BCUT2D eigenvalue weighted by Crippen LogP contribution is -2.32. The fraction of sp³-hybridized carbons (Fsp3) is 0.471. The van der Waals surface area contributed by atoms with Gasteiger partial charge in [-0.2, -0.15) is 5.10 Å². The van der Waals surface area contributed by atoms with Crippen molar-refractivity contribution >= 4 is 5.69 Å². The van der Waals surface area contributed by atoms with E-state index in [1.54, 1.807) is 0 Å². The van der Waals surface area contributed by atoms with E-state index in [0.717, 1.165) is 25.6 Å². The van der Waals surface area contributed by atoms with E-state index in [-0.39, 0.29) is 0 Å². The molecule has 1 aliphatic heterocycles. The Morgan fingerprint density at radius 1 is 1.19 bits per heavy atom. The average molecular weight is 282 g/mol. The molecule has 1 saturated heterocycles. The standard InChI is InChI=1S/C17H22N4/c1-2-4-16(5-3-1)21-9-8-14(12-21)18-11-15-10-17(20-19-15)13-6-7-13/h1-5,10,13-14,18H,6-9,11-12H2,(H,19,20)/t14-/m1/s1. The maximum atomic E-state index is 4.41. The molecule has 2 heterocycles. The predicted molar refractivity (Wildman–Crippen MR) is 84.5 cm³/mol. The van der Waals surface area contributed by atoms with Crippen molar-refractivity contribution in [2.24, 2.45) is 0 Å². The van der Waals surface area contributed by atoms with Crippen molar-refractivity contribution in [3.63, 3.8) is 0 Å². The monoisotopic (exact) mass is 282 g/mol. The second kappa shape index (κ2) is 5.53. The van der Waals surface area contributed by atoms with Gasteiger partial charge < -0.3 is 10.2 Å². The largest absolute Gasteiger partial charge is 0.370 e. The van der Waals surface area contributed by atoms with Gasteiger partial charge in [-0.3, -0.25) is 5.10 Å². The summed E-state index contributed by atoms with van der Waals surface area (Å²) in [5.41, 5.74) is 3.80. The third kappa shape index (κ3) is 2.95. The van der Waals surface area contributed by atoms with Gasteiger partial charge in [-0.25, -0.2) is 0 Å². The number of anilines is 1. The third-order valence-corrected chi connectivity index (χ3v) is 4.54. The van der Waals surface area contributed by atoms with Gasteiger partial charge in [0.05, 0.1) is 5.69 Å². The van der Waals surface area contributed by atoms with E-state index in [1.165, 1.54) is 36.3 Å². The first-order valence-corrected chi connectivity index (χ1v) is 7.96. The van der Waals surface area contributed by atoms with Crippen LogP contribution in [0.4, 0.5) is 5.69 Å². The van der Waals surface area contributed by atoms with Crippen LogP contribution in [-0.4, -0.2) is 29.3 Å². The summed E-state index contributed by atoms with van der Waals surface area (Å²) in [5.74, 6) is 0.732. The second-order valence-electron chi connectivity index (χ2n) is 6.24. The molecule has 4 nitrogen and oxygen atoms in total. The molecule has 0 radical (unpaired) electrons. The van der Waals surface area contributed by atoms with Gasteiger partial charge in [0, 0.05) is 43.0 Å². The summed E-state index contributed by atoms with van der Waals surface area (Å²) in [6, 6.07) is 13.5. The molecule has 110 valence electrons. The van der Waals surface area contributed by atoms with Crippen LogP contribution in [-0.2, 0) is 6.54 Å². The number of nitrogens with zero attached hydrogens (tertiary/aromatic N) is 2. The maximum absolute atomic E-state index is 4.41. The van der Waals surface area contributed by atoms with Crippen LogP contribution in [0.1, 0.15) is 36.6 Å². The van der Waals surface area contributed by atoms with Crippen LogP contribution >= 0.6 is 0 Å². The molecule has 0 bridgehead atoms. The number of aromatic amines is 1. The Morgan fingerprint density at radius 2 is 2.05 bits per heavy atom. The van der Waals surface area contributed by atoms with Crippen molar-refractivity contribution in [2.75, 3.05) is 18.0 Å². The van der Waals surface area contributed by atoms with Gasteiger partial charge in [0.2, 0.25) is 0 Å². The molecule has 2 N–H and O–H groups in total. The highest BCUT2D eigenvalue weighted by Crippen LogP contribution is 2.38. The van der Waals surface area contributed by atoms with E-state index in [2.05, 4.69) is 56.8 Å². The average Bonchev–Trinajstić information content (AvgIpc) is 3.09.